The van der Waals surface area contributed by atoms with Crippen molar-refractivity contribution in [2.75, 3.05) is 18.6 Å². The van der Waals surface area contributed by atoms with Gasteiger partial charge in [0.15, 0.2) is 5.82 Å². The third-order valence-corrected chi connectivity index (χ3v) is 3.52. The van der Waals surface area contributed by atoms with E-state index in [9.17, 15) is 4.39 Å². The van der Waals surface area contributed by atoms with Crippen molar-refractivity contribution in [1.29, 1.82) is 0 Å². The van der Waals surface area contributed by atoms with Gasteiger partial charge in [0.2, 0.25) is 0 Å². The Morgan fingerprint density at radius 1 is 1.26 bits per heavy atom. The van der Waals surface area contributed by atoms with E-state index in [-0.39, 0.29) is 5.82 Å². The van der Waals surface area contributed by atoms with Crippen LogP contribution in [0.2, 0.25) is 0 Å². The Kier molecular flexibility index (Phi) is 3.07. The normalized spacial score (nSPS) is 14.1. The zero-order chi connectivity index (χ0) is 13.2. The van der Waals surface area contributed by atoms with Crippen LogP contribution in [0.3, 0.4) is 0 Å². The highest BCUT2D eigenvalue weighted by molar-refractivity contribution is 5.50. The Morgan fingerprint density at radius 3 is 2.95 bits per heavy atom. The molecule has 0 saturated heterocycles. The summed E-state index contributed by atoms with van der Waals surface area (Å²) in [5.41, 5.74) is 3.13. The monoisotopic (exact) mass is 258 g/mol. The van der Waals surface area contributed by atoms with Crippen LogP contribution >= 0.6 is 0 Å². The number of hydrogen-bond donors (Lipinski definition) is 0. The van der Waals surface area contributed by atoms with Crippen molar-refractivity contribution in [2.24, 2.45) is 0 Å². The van der Waals surface area contributed by atoms with Crippen LogP contribution in [0.25, 0.3) is 0 Å². The quantitative estimate of drug-likeness (QED) is 0.828. The SMILES string of the molecule is COc1ccc2c(c1)CCN(c1ccncc1F)C2. The first-order valence-corrected chi connectivity index (χ1v) is 6.28. The van der Waals surface area contributed by atoms with Gasteiger partial charge in [-0.3, -0.25) is 4.98 Å². The maximum Gasteiger partial charge on any atom is 0.164 e. The van der Waals surface area contributed by atoms with Crippen molar-refractivity contribution < 1.29 is 9.13 Å². The van der Waals surface area contributed by atoms with Gasteiger partial charge in [0.25, 0.3) is 0 Å². The lowest BCUT2D eigenvalue weighted by atomic mass is 9.99. The van der Waals surface area contributed by atoms with E-state index >= 15 is 0 Å². The van der Waals surface area contributed by atoms with Crippen molar-refractivity contribution in [3.63, 3.8) is 0 Å². The molecule has 19 heavy (non-hydrogen) atoms. The van der Waals surface area contributed by atoms with Gasteiger partial charge in [-0.1, -0.05) is 6.07 Å². The molecule has 1 aromatic carbocycles. The summed E-state index contributed by atoms with van der Waals surface area (Å²) in [6.07, 6.45) is 3.79. The van der Waals surface area contributed by atoms with E-state index in [1.54, 1.807) is 19.4 Å². The predicted molar refractivity (Wildman–Crippen MR) is 71.9 cm³/mol. The van der Waals surface area contributed by atoms with Gasteiger partial charge in [0.05, 0.1) is 19.0 Å². The summed E-state index contributed by atoms with van der Waals surface area (Å²) in [6.45, 7) is 1.53. The molecule has 1 aliphatic rings. The summed E-state index contributed by atoms with van der Waals surface area (Å²) in [4.78, 5) is 5.84. The lowest BCUT2D eigenvalue weighted by molar-refractivity contribution is 0.413. The van der Waals surface area contributed by atoms with Crippen LogP contribution in [0, 0.1) is 5.82 Å². The van der Waals surface area contributed by atoms with Crippen LogP contribution < -0.4 is 9.64 Å². The fourth-order valence-electron chi connectivity index (χ4n) is 2.49. The first kappa shape index (κ1) is 12.0. The third kappa shape index (κ3) is 2.26. The highest BCUT2D eigenvalue weighted by Gasteiger charge is 2.19. The molecule has 0 aliphatic carbocycles. The summed E-state index contributed by atoms with van der Waals surface area (Å²) in [6, 6.07) is 7.80. The first-order chi connectivity index (χ1) is 9.28. The second-order valence-electron chi connectivity index (χ2n) is 4.63. The summed E-state index contributed by atoms with van der Waals surface area (Å²) in [5, 5.41) is 0. The third-order valence-electron chi connectivity index (χ3n) is 3.52. The van der Waals surface area contributed by atoms with Gasteiger partial charge >= 0.3 is 0 Å². The average molecular weight is 258 g/mol. The Balaban J connectivity index is 1.88. The van der Waals surface area contributed by atoms with Crippen LogP contribution in [-0.4, -0.2) is 18.6 Å². The first-order valence-electron chi connectivity index (χ1n) is 6.28. The number of rotatable bonds is 2. The predicted octanol–water partition coefficient (Wildman–Crippen LogP) is 2.79. The van der Waals surface area contributed by atoms with Gasteiger partial charge in [0, 0.05) is 19.3 Å². The van der Waals surface area contributed by atoms with Gasteiger partial charge in [-0.05, 0) is 35.7 Å². The van der Waals surface area contributed by atoms with E-state index in [1.165, 1.54) is 17.3 Å². The van der Waals surface area contributed by atoms with Crippen molar-refractivity contribution in [3.8, 4) is 5.75 Å². The smallest absolute Gasteiger partial charge is 0.164 e. The van der Waals surface area contributed by atoms with Gasteiger partial charge in [-0.15, -0.1) is 0 Å². The molecule has 4 heteroatoms. The van der Waals surface area contributed by atoms with Crippen LogP contribution in [0.1, 0.15) is 11.1 Å². The number of methoxy groups -OCH3 is 1. The Labute approximate surface area is 111 Å². The lowest BCUT2D eigenvalue weighted by Crippen LogP contribution is -2.31. The highest BCUT2D eigenvalue weighted by atomic mass is 19.1. The molecule has 2 heterocycles. The standard InChI is InChI=1S/C15H15FN2O/c1-19-13-3-2-12-10-18(7-5-11(12)8-13)15-4-6-17-9-14(15)16/h2-4,6,8-9H,5,7,10H2,1H3. The van der Waals surface area contributed by atoms with Crippen molar-refractivity contribution in [1.82, 2.24) is 4.98 Å². The topological polar surface area (TPSA) is 25.4 Å². The minimum absolute atomic E-state index is 0.264. The number of hydrogen-bond acceptors (Lipinski definition) is 3. The zero-order valence-corrected chi connectivity index (χ0v) is 10.8. The minimum atomic E-state index is -0.264. The number of fused-ring (bicyclic) bond motifs is 1. The maximum absolute atomic E-state index is 13.7. The summed E-state index contributed by atoms with van der Waals surface area (Å²) >= 11 is 0. The molecule has 0 amide bonds. The van der Waals surface area contributed by atoms with Crippen molar-refractivity contribution in [2.45, 2.75) is 13.0 Å². The van der Waals surface area contributed by atoms with Crippen LogP contribution in [-0.2, 0) is 13.0 Å². The molecule has 98 valence electrons. The second kappa shape index (κ2) is 4.88. The highest BCUT2D eigenvalue weighted by Crippen LogP contribution is 2.28. The van der Waals surface area contributed by atoms with E-state index in [0.29, 0.717) is 5.69 Å². The number of nitrogens with zero attached hydrogens (tertiary/aromatic N) is 2. The van der Waals surface area contributed by atoms with E-state index in [0.717, 1.165) is 25.3 Å². The molecule has 0 radical (unpaired) electrons. The largest absolute Gasteiger partial charge is 0.497 e. The Bertz CT molecular complexity index is 600. The van der Waals surface area contributed by atoms with E-state index in [2.05, 4.69) is 17.1 Å². The molecule has 3 rings (SSSR count). The summed E-state index contributed by atoms with van der Waals surface area (Å²) in [5.74, 6) is 0.613. The zero-order valence-electron chi connectivity index (χ0n) is 10.8. The van der Waals surface area contributed by atoms with Gasteiger partial charge in [-0.25, -0.2) is 4.39 Å². The minimum Gasteiger partial charge on any atom is -0.497 e. The number of halogens is 1. The molecule has 0 bridgehead atoms. The molecule has 0 unspecified atom stereocenters. The number of anilines is 1. The van der Waals surface area contributed by atoms with Crippen molar-refractivity contribution >= 4 is 5.69 Å². The molecule has 0 N–H and O–H groups in total. The van der Waals surface area contributed by atoms with Crippen LogP contribution in [0.5, 0.6) is 5.75 Å². The number of aromatic nitrogens is 1. The molecule has 3 nitrogen and oxygen atoms in total. The lowest BCUT2D eigenvalue weighted by Gasteiger charge is -2.31. The van der Waals surface area contributed by atoms with Gasteiger partial charge in [-0.2, -0.15) is 0 Å². The summed E-state index contributed by atoms with van der Waals surface area (Å²) in [7, 11) is 1.67. The van der Waals surface area contributed by atoms with E-state index in [4.69, 9.17) is 4.74 Å². The van der Waals surface area contributed by atoms with Crippen LogP contribution in [0.15, 0.2) is 36.7 Å². The van der Waals surface area contributed by atoms with Gasteiger partial charge < -0.3 is 9.64 Å². The molecule has 0 saturated carbocycles. The molecule has 0 atom stereocenters. The average Bonchev–Trinajstić information content (AvgIpc) is 2.46. The Hall–Kier alpha value is -2.10. The number of ether oxygens (including phenoxy) is 1. The molecule has 2 aromatic rings. The molecule has 1 aliphatic heterocycles. The van der Waals surface area contributed by atoms with E-state index in [1.807, 2.05) is 11.0 Å². The van der Waals surface area contributed by atoms with Crippen LogP contribution in [0.4, 0.5) is 10.1 Å². The summed E-state index contributed by atoms with van der Waals surface area (Å²) < 4.78 is 19.0. The molecule has 0 spiro atoms. The molecular weight excluding hydrogens is 243 g/mol. The van der Waals surface area contributed by atoms with Crippen molar-refractivity contribution in [3.05, 3.63) is 53.6 Å². The molecular formula is C15H15FN2O. The molecule has 1 aromatic heterocycles. The number of pyridine rings is 1. The maximum atomic E-state index is 13.7. The van der Waals surface area contributed by atoms with Gasteiger partial charge in [0.1, 0.15) is 5.75 Å². The fraction of sp³-hybridized carbons (Fsp3) is 0.267. The fourth-order valence-corrected chi connectivity index (χ4v) is 2.49. The second-order valence-corrected chi connectivity index (χ2v) is 4.63. The molecule has 0 fully saturated rings. The number of benzene rings is 1. The Morgan fingerprint density at radius 2 is 2.16 bits per heavy atom. The van der Waals surface area contributed by atoms with E-state index < -0.39 is 0 Å².